The summed E-state index contributed by atoms with van der Waals surface area (Å²) in [6, 6.07) is 8.36. The molecule has 0 bridgehead atoms. The van der Waals surface area contributed by atoms with Crippen molar-refractivity contribution in [2.75, 3.05) is 49.6 Å². The lowest BCUT2D eigenvalue weighted by molar-refractivity contribution is 0.122. The molecule has 3 rings (SSSR count). The van der Waals surface area contributed by atoms with Gasteiger partial charge in [0, 0.05) is 36.7 Å². The van der Waals surface area contributed by atoms with Crippen molar-refractivity contribution in [3.63, 3.8) is 0 Å². The number of nitrogens with one attached hydrogen (secondary N) is 2. The topological polar surface area (TPSA) is 96.5 Å². The van der Waals surface area contributed by atoms with Gasteiger partial charge >= 0.3 is 0 Å². The average Bonchev–Trinajstić information content (AvgIpc) is 2.67. The zero-order valence-electron chi connectivity index (χ0n) is 14.1. The molecule has 1 saturated heterocycles. The van der Waals surface area contributed by atoms with E-state index in [4.69, 9.17) is 4.74 Å². The summed E-state index contributed by atoms with van der Waals surface area (Å²) in [6.07, 6.45) is 1.50. The number of hydrogen-bond acceptors (Lipinski definition) is 7. The first-order chi connectivity index (χ1) is 12.5. The molecule has 2 N–H and O–H groups in total. The minimum absolute atomic E-state index is 0.234. The third kappa shape index (κ3) is 5.13. The number of rotatable bonds is 7. The van der Waals surface area contributed by atoms with Gasteiger partial charge in [-0.15, -0.1) is 0 Å². The van der Waals surface area contributed by atoms with Crippen molar-refractivity contribution in [3.05, 3.63) is 41.1 Å². The number of nitrogens with zero attached hydrogens (tertiary/aromatic N) is 3. The van der Waals surface area contributed by atoms with E-state index in [2.05, 4.69) is 40.8 Å². The Labute approximate surface area is 161 Å². The average molecular weight is 442 g/mol. The second kappa shape index (κ2) is 8.76. The molecule has 0 saturated carbocycles. The Bertz CT molecular complexity index is 826. The van der Waals surface area contributed by atoms with Crippen LogP contribution in [0.3, 0.4) is 0 Å². The molecule has 2 heterocycles. The molecule has 140 valence electrons. The molecular formula is C16H20BrN5O3S. The molecule has 1 fully saturated rings. The van der Waals surface area contributed by atoms with Crippen LogP contribution in [0.4, 0.5) is 11.6 Å². The number of anilines is 2. The van der Waals surface area contributed by atoms with E-state index < -0.39 is 10.0 Å². The van der Waals surface area contributed by atoms with Gasteiger partial charge in [-0.2, -0.15) is 0 Å². The van der Waals surface area contributed by atoms with Gasteiger partial charge in [0.1, 0.15) is 18.0 Å². The fourth-order valence-corrected chi connectivity index (χ4v) is 3.78. The first-order valence-corrected chi connectivity index (χ1v) is 10.5. The van der Waals surface area contributed by atoms with E-state index in [1.807, 2.05) is 6.07 Å². The third-order valence-electron chi connectivity index (χ3n) is 3.83. The zero-order chi connectivity index (χ0) is 18.4. The first-order valence-electron chi connectivity index (χ1n) is 8.18. The molecule has 0 aliphatic carbocycles. The number of morpholine rings is 1. The number of hydrogen-bond donors (Lipinski definition) is 2. The van der Waals surface area contributed by atoms with Crippen LogP contribution in [0, 0.1) is 0 Å². The van der Waals surface area contributed by atoms with Gasteiger partial charge in [0.25, 0.3) is 0 Å². The highest BCUT2D eigenvalue weighted by Crippen LogP contribution is 2.16. The van der Waals surface area contributed by atoms with Crippen LogP contribution in [0.2, 0.25) is 0 Å². The van der Waals surface area contributed by atoms with E-state index in [0.717, 1.165) is 23.4 Å². The van der Waals surface area contributed by atoms with Gasteiger partial charge in [-0.05, 0) is 24.3 Å². The zero-order valence-corrected chi connectivity index (χ0v) is 16.5. The van der Waals surface area contributed by atoms with Crippen molar-refractivity contribution >= 4 is 37.6 Å². The normalized spacial score (nSPS) is 15.0. The molecule has 0 atom stereocenters. The van der Waals surface area contributed by atoms with E-state index in [1.54, 1.807) is 24.3 Å². The molecule has 1 aromatic heterocycles. The molecular weight excluding hydrogens is 422 g/mol. The van der Waals surface area contributed by atoms with Crippen molar-refractivity contribution in [3.8, 4) is 0 Å². The highest BCUT2D eigenvalue weighted by atomic mass is 79.9. The van der Waals surface area contributed by atoms with Crippen LogP contribution in [0.5, 0.6) is 0 Å². The van der Waals surface area contributed by atoms with Crippen LogP contribution >= 0.6 is 15.9 Å². The third-order valence-corrected chi connectivity index (χ3v) is 5.84. The van der Waals surface area contributed by atoms with Crippen molar-refractivity contribution in [2.24, 2.45) is 0 Å². The van der Waals surface area contributed by atoms with E-state index in [-0.39, 0.29) is 11.4 Å². The number of benzene rings is 1. The summed E-state index contributed by atoms with van der Waals surface area (Å²) in [4.78, 5) is 10.8. The van der Waals surface area contributed by atoms with Gasteiger partial charge in [-0.1, -0.05) is 15.9 Å². The molecule has 0 radical (unpaired) electrons. The van der Waals surface area contributed by atoms with Crippen LogP contribution < -0.4 is 14.9 Å². The Kier molecular flexibility index (Phi) is 6.41. The summed E-state index contributed by atoms with van der Waals surface area (Å²) in [7, 11) is -3.52. The van der Waals surface area contributed by atoms with Crippen LogP contribution in [-0.4, -0.2) is 57.8 Å². The van der Waals surface area contributed by atoms with Crippen LogP contribution in [-0.2, 0) is 14.8 Å². The molecule has 0 amide bonds. The van der Waals surface area contributed by atoms with E-state index in [1.165, 1.54) is 6.33 Å². The predicted octanol–water partition coefficient (Wildman–Crippen LogP) is 1.47. The maximum absolute atomic E-state index is 12.2. The summed E-state index contributed by atoms with van der Waals surface area (Å²) in [5.74, 6) is 1.49. The lowest BCUT2D eigenvalue weighted by Crippen LogP contribution is -2.36. The fourth-order valence-electron chi connectivity index (χ4n) is 2.48. The Morgan fingerprint density at radius 1 is 1.12 bits per heavy atom. The van der Waals surface area contributed by atoms with E-state index in [0.29, 0.717) is 25.6 Å². The maximum Gasteiger partial charge on any atom is 0.240 e. The highest BCUT2D eigenvalue weighted by Gasteiger charge is 2.14. The van der Waals surface area contributed by atoms with Crippen LogP contribution in [0.25, 0.3) is 0 Å². The Morgan fingerprint density at radius 3 is 2.58 bits per heavy atom. The number of sulfonamides is 1. The molecule has 26 heavy (non-hydrogen) atoms. The first kappa shape index (κ1) is 19.0. The van der Waals surface area contributed by atoms with Crippen molar-refractivity contribution in [1.82, 2.24) is 14.7 Å². The molecule has 1 aliphatic rings. The molecule has 2 aromatic rings. The summed E-state index contributed by atoms with van der Waals surface area (Å²) in [5, 5.41) is 3.11. The number of ether oxygens (including phenoxy) is 1. The minimum Gasteiger partial charge on any atom is -0.378 e. The molecule has 10 heteroatoms. The molecule has 1 aromatic carbocycles. The Balaban J connectivity index is 1.51. The second-order valence-electron chi connectivity index (χ2n) is 5.64. The minimum atomic E-state index is -3.52. The van der Waals surface area contributed by atoms with Crippen molar-refractivity contribution in [1.29, 1.82) is 0 Å². The second-order valence-corrected chi connectivity index (χ2v) is 8.32. The van der Waals surface area contributed by atoms with Gasteiger partial charge in [0.15, 0.2) is 0 Å². The van der Waals surface area contributed by atoms with Gasteiger partial charge in [-0.25, -0.2) is 23.1 Å². The van der Waals surface area contributed by atoms with E-state index in [9.17, 15) is 8.42 Å². The van der Waals surface area contributed by atoms with Crippen molar-refractivity contribution in [2.45, 2.75) is 4.90 Å². The fraction of sp³-hybridized carbons (Fsp3) is 0.375. The molecule has 0 unspecified atom stereocenters. The van der Waals surface area contributed by atoms with Gasteiger partial charge < -0.3 is 15.0 Å². The summed E-state index contributed by atoms with van der Waals surface area (Å²) >= 11 is 3.29. The highest BCUT2D eigenvalue weighted by molar-refractivity contribution is 9.10. The quantitative estimate of drug-likeness (QED) is 0.627. The van der Waals surface area contributed by atoms with Crippen LogP contribution in [0.15, 0.2) is 46.0 Å². The monoisotopic (exact) mass is 441 g/mol. The summed E-state index contributed by atoms with van der Waals surface area (Å²) in [6.45, 7) is 3.62. The van der Waals surface area contributed by atoms with Gasteiger partial charge in [0.05, 0.1) is 18.1 Å². The largest absolute Gasteiger partial charge is 0.378 e. The SMILES string of the molecule is O=S(=O)(NCCNc1cc(N2CCOCC2)ncn1)c1ccc(Br)cc1. The maximum atomic E-state index is 12.2. The lowest BCUT2D eigenvalue weighted by atomic mass is 10.4. The Morgan fingerprint density at radius 2 is 1.85 bits per heavy atom. The lowest BCUT2D eigenvalue weighted by Gasteiger charge is -2.27. The van der Waals surface area contributed by atoms with Crippen molar-refractivity contribution < 1.29 is 13.2 Å². The standard InChI is InChI=1S/C16H20BrN5O3S/c17-13-1-3-14(4-2-13)26(23,24)21-6-5-18-15-11-16(20-12-19-15)22-7-9-25-10-8-22/h1-4,11-12,21H,5-10H2,(H,18,19,20). The summed E-state index contributed by atoms with van der Waals surface area (Å²) < 4.78 is 33.2. The number of halogens is 1. The molecule has 0 spiro atoms. The summed E-state index contributed by atoms with van der Waals surface area (Å²) in [5.41, 5.74) is 0. The molecule has 1 aliphatic heterocycles. The smallest absolute Gasteiger partial charge is 0.240 e. The van der Waals surface area contributed by atoms with Crippen LogP contribution in [0.1, 0.15) is 0 Å². The van der Waals surface area contributed by atoms with E-state index >= 15 is 0 Å². The molecule has 8 nitrogen and oxygen atoms in total. The predicted molar refractivity (Wildman–Crippen MR) is 103 cm³/mol. The number of aromatic nitrogens is 2. The van der Waals surface area contributed by atoms with Gasteiger partial charge in [0.2, 0.25) is 10.0 Å². The Hall–Kier alpha value is -1.75. The van der Waals surface area contributed by atoms with Gasteiger partial charge in [-0.3, -0.25) is 0 Å².